The van der Waals surface area contributed by atoms with Gasteiger partial charge in [-0.1, -0.05) is 170 Å². The number of nitrogens with zero attached hydrogens (tertiary/aromatic N) is 2. The van der Waals surface area contributed by atoms with E-state index in [0.717, 1.165) is 70.6 Å². The van der Waals surface area contributed by atoms with Gasteiger partial charge in [0.1, 0.15) is 5.01 Å². The number of benzene rings is 9. The third kappa shape index (κ3) is 7.60. The van der Waals surface area contributed by atoms with E-state index in [2.05, 4.69) is 223 Å². The van der Waals surface area contributed by atoms with Crippen molar-refractivity contribution in [2.75, 3.05) is 4.90 Å². The van der Waals surface area contributed by atoms with E-state index in [1.54, 1.807) is 11.3 Å². The fourth-order valence-electron chi connectivity index (χ4n) is 7.76. The standard InChI is InChI=1S/C55H38N2S2/c58-53-37-52-54(59-55(56-52)44-16-8-3-9-17-44)36-51(53)47-20-10-18-45(34-47)43-28-32-49(33-29-43)57(48-30-26-41(27-31-48)39-14-6-2-7-15-39)50-21-11-19-46(35-50)42-24-22-40(23-25-42)38-12-4-1-5-13-38/h1-37,58H. The van der Waals surface area contributed by atoms with Gasteiger partial charge in [-0.15, -0.1) is 24.0 Å². The molecule has 0 amide bonds. The van der Waals surface area contributed by atoms with Crippen molar-refractivity contribution in [3.63, 3.8) is 0 Å². The Morgan fingerprint density at radius 1 is 0.339 bits per heavy atom. The number of thiol groups is 1. The summed E-state index contributed by atoms with van der Waals surface area (Å²) in [5, 5.41) is 1.02. The minimum Gasteiger partial charge on any atom is -0.310 e. The molecule has 0 saturated carbocycles. The summed E-state index contributed by atoms with van der Waals surface area (Å²) in [5.74, 6) is 0. The van der Waals surface area contributed by atoms with Crippen LogP contribution >= 0.6 is 24.0 Å². The normalized spacial score (nSPS) is 11.1. The van der Waals surface area contributed by atoms with Crippen LogP contribution < -0.4 is 4.90 Å². The molecule has 0 saturated heterocycles. The summed E-state index contributed by atoms with van der Waals surface area (Å²) in [5.41, 5.74) is 17.0. The molecular weight excluding hydrogens is 753 g/mol. The second-order valence-corrected chi connectivity index (χ2v) is 16.1. The number of anilines is 3. The summed E-state index contributed by atoms with van der Waals surface area (Å²) in [6.45, 7) is 0. The number of hydrogen-bond acceptors (Lipinski definition) is 4. The van der Waals surface area contributed by atoms with Crippen LogP contribution in [-0.4, -0.2) is 4.98 Å². The maximum absolute atomic E-state index is 4.94. The smallest absolute Gasteiger partial charge is 0.124 e. The molecule has 2 nitrogen and oxygen atoms in total. The number of fused-ring (bicyclic) bond motifs is 1. The Labute approximate surface area is 354 Å². The lowest BCUT2D eigenvalue weighted by molar-refractivity contribution is 1.28. The third-order valence-corrected chi connectivity index (χ3v) is 12.3. The zero-order chi connectivity index (χ0) is 39.5. The Hall–Kier alpha value is -6.98. The van der Waals surface area contributed by atoms with Crippen LogP contribution in [0.25, 0.3) is 76.4 Å². The van der Waals surface area contributed by atoms with Crippen LogP contribution in [0.15, 0.2) is 229 Å². The van der Waals surface area contributed by atoms with E-state index in [4.69, 9.17) is 17.6 Å². The van der Waals surface area contributed by atoms with Gasteiger partial charge in [0.15, 0.2) is 0 Å². The largest absolute Gasteiger partial charge is 0.310 e. The van der Waals surface area contributed by atoms with Crippen molar-refractivity contribution in [2.45, 2.75) is 4.90 Å². The van der Waals surface area contributed by atoms with E-state index >= 15 is 0 Å². The summed E-state index contributed by atoms with van der Waals surface area (Å²) in [6.07, 6.45) is 0. The van der Waals surface area contributed by atoms with E-state index in [1.807, 2.05) is 6.07 Å². The highest BCUT2D eigenvalue weighted by molar-refractivity contribution is 7.80. The molecule has 1 heterocycles. The van der Waals surface area contributed by atoms with Gasteiger partial charge in [0.25, 0.3) is 0 Å². The first-order chi connectivity index (χ1) is 29.1. The van der Waals surface area contributed by atoms with Crippen molar-refractivity contribution in [1.29, 1.82) is 0 Å². The quantitative estimate of drug-likeness (QED) is 0.147. The summed E-state index contributed by atoms with van der Waals surface area (Å²) < 4.78 is 1.15. The summed E-state index contributed by atoms with van der Waals surface area (Å²) in [7, 11) is 0. The van der Waals surface area contributed by atoms with Gasteiger partial charge < -0.3 is 4.90 Å². The van der Waals surface area contributed by atoms with E-state index in [0.29, 0.717) is 0 Å². The molecule has 0 N–H and O–H groups in total. The molecule has 9 aromatic carbocycles. The molecule has 10 aromatic rings. The van der Waals surface area contributed by atoms with Gasteiger partial charge in [-0.05, 0) is 110 Å². The van der Waals surface area contributed by atoms with Crippen molar-refractivity contribution < 1.29 is 0 Å². The van der Waals surface area contributed by atoms with Crippen molar-refractivity contribution in [1.82, 2.24) is 4.98 Å². The third-order valence-electron chi connectivity index (χ3n) is 10.8. The molecule has 1 aromatic heterocycles. The van der Waals surface area contributed by atoms with Gasteiger partial charge in [-0.3, -0.25) is 0 Å². The maximum Gasteiger partial charge on any atom is 0.124 e. The Kier molecular flexibility index (Phi) is 9.93. The summed E-state index contributed by atoms with van der Waals surface area (Å²) >= 11 is 6.66. The molecule has 10 rings (SSSR count). The predicted octanol–water partition coefficient (Wildman–Crippen LogP) is 16.1. The molecule has 0 unspecified atom stereocenters. The van der Waals surface area contributed by atoms with Crippen LogP contribution in [0.4, 0.5) is 17.1 Å². The Morgan fingerprint density at radius 2 is 0.763 bits per heavy atom. The minimum atomic E-state index is 0.915. The molecule has 0 aliphatic rings. The van der Waals surface area contributed by atoms with Crippen LogP contribution in [0, 0.1) is 0 Å². The Balaban J connectivity index is 0.984. The average Bonchev–Trinajstić information content (AvgIpc) is 3.73. The van der Waals surface area contributed by atoms with E-state index in [-0.39, 0.29) is 0 Å². The van der Waals surface area contributed by atoms with Crippen molar-refractivity contribution >= 4 is 51.2 Å². The molecular formula is C55H38N2S2. The van der Waals surface area contributed by atoms with Gasteiger partial charge in [0.05, 0.1) is 10.2 Å². The molecule has 0 fully saturated rings. The zero-order valence-electron chi connectivity index (χ0n) is 32.1. The van der Waals surface area contributed by atoms with Crippen LogP contribution in [0.2, 0.25) is 0 Å². The SMILES string of the molecule is Sc1cc2nc(-c3ccccc3)sc2cc1-c1cccc(-c2ccc(N(c3ccc(-c4ccccc4)cc3)c3cccc(-c4ccc(-c5ccccc5)cc4)c3)cc2)c1. The lowest BCUT2D eigenvalue weighted by Crippen LogP contribution is -2.10. The maximum atomic E-state index is 4.94. The first-order valence-electron chi connectivity index (χ1n) is 19.7. The highest BCUT2D eigenvalue weighted by Crippen LogP contribution is 2.40. The monoisotopic (exact) mass is 790 g/mol. The lowest BCUT2D eigenvalue weighted by Gasteiger charge is -2.26. The molecule has 59 heavy (non-hydrogen) atoms. The van der Waals surface area contributed by atoms with E-state index in [9.17, 15) is 0 Å². The number of aromatic nitrogens is 1. The molecule has 0 spiro atoms. The number of rotatable bonds is 9. The molecule has 0 aliphatic heterocycles. The average molecular weight is 791 g/mol. The topological polar surface area (TPSA) is 16.1 Å². The van der Waals surface area contributed by atoms with Gasteiger partial charge in [-0.25, -0.2) is 4.98 Å². The van der Waals surface area contributed by atoms with E-state index in [1.165, 1.54) is 27.8 Å². The number of thiazole rings is 1. The molecule has 0 aliphatic carbocycles. The van der Waals surface area contributed by atoms with Crippen LogP contribution in [0.3, 0.4) is 0 Å². The van der Waals surface area contributed by atoms with Crippen LogP contribution in [-0.2, 0) is 0 Å². The highest BCUT2D eigenvalue weighted by atomic mass is 32.1. The fourth-order valence-corrected chi connectivity index (χ4v) is 9.07. The molecule has 0 atom stereocenters. The zero-order valence-corrected chi connectivity index (χ0v) is 33.8. The summed E-state index contributed by atoms with van der Waals surface area (Å²) in [6, 6.07) is 80.0. The van der Waals surface area contributed by atoms with Gasteiger partial charge >= 0.3 is 0 Å². The van der Waals surface area contributed by atoms with Gasteiger partial charge in [-0.2, -0.15) is 0 Å². The Morgan fingerprint density at radius 3 is 1.32 bits per heavy atom. The molecule has 0 bridgehead atoms. The van der Waals surface area contributed by atoms with Crippen LogP contribution in [0.1, 0.15) is 0 Å². The predicted molar refractivity (Wildman–Crippen MR) is 254 cm³/mol. The Bertz CT molecular complexity index is 3010. The second kappa shape index (κ2) is 16.1. The number of hydrogen-bond donors (Lipinski definition) is 1. The van der Waals surface area contributed by atoms with Gasteiger partial charge in [0, 0.05) is 27.5 Å². The summed E-state index contributed by atoms with van der Waals surface area (Å²) in [4.78, 5) is 8.19. The second-order valence-electron chi connectivity index (χ2n) is 14.6. The van der Waals surface area contributed by atoms with Gasteiger partial charge in [0.2, 0.25) is 0 Å². The minimum absolute atomic E-state index is 0.915. The molecule has 280 valence electrons. The first-order valence-corrected chi connectivity index (χ1v) is 21.0. The first kappa shape index (κ1) is 36.4. The van der Waals surface area contributed by atoms with Crippen molar-refractivity contribution in [3.05, 3.63) is 224 Å². The fraction of sp³-hybridized carbons (Fsp3) is 0. The molecule has 4 heteroatoms. The van der Waals surface area contributed by atoms with E-state index < -0.39 is 0 Å². The highest BCUT2D eigenvalue weighted by Gasteiger charge is 2.16. The molecule has 0 radical (unpaired) electrons. The van der Waals surface area contributed by atoms with Crippen molar-refractivity contribution in [2.24, 2.45) is 0 Å². The van der Waals surface area contributed by atoms with Crippen molar-refractivity contribution in [3.8, 4) is 66.2 Å². The van der Waals surface area contributed by atoms with Crippen LogP contribution in [0.5, 0.6) is 0 Å². The lowest BCUT2D eigenvalue weighted by atomic mass is 9.98.